The van der Waals surface area contributed by atoms with Gasteiger partial charge in [-0.2, -0.15) is 0 Å². The molecular weight excluding hydrogens is 699 g/mol. The molecule has 4 bridgehead atoms. The normalized spacial score (nSPS) is 25.3. The monoisotopic (exact) mass is 755 g/mol. The number of anilines is 3. The average molecular weight is 756 g/mol. The first kappa shape index (κ1) is 35.1. The summed E-state index contributed by atoms with van der Waals surface area (Å²) in [7, 11) is 0. The van der Waals surface area contributed by atoms with Crippen molar-refractivity contribution in [2.45, 2.75) is 114 Å². The molecule has 0 radical (unpaired) electrons. The first-order chi connectivity index (χ1) is 28.2. The van der Waals surface area contributed by atoms with Crippen LogP contribution in [0, 0.1) is 17.8 Å². The van der Waals surface area contributed by atoms with Gasteiger partial charge in [0.15, 0.2) is 0 Å². The van der Waals surface area contributed by atoms with E-state index in [1.165, 1.54) is 142 Å². The standard InChI is InChI=1S/C57H57N/c1-55(2)50-17-8-7-13-49(50)53-46(14-10-18-51(53)55)48-16-9-15-47-45-28-27-44(32-52(45)56(3,4)54(47)48)58(42-23-19-40(20-24-42)39-11-5-6-12-39)43-25-21-41(22-26-43)57-33-36-29-37(34-57)31-38(30-36)35-57/h7-10,13-28,32,36-39H,5-6,11-12,29-31,33-35H2,1-4H3. The molecular formula is C57H57N. The predicted molar refractivity (Wildman–Crippen MR) is 243 cm³/mol. The van der Waals surface area contributed by atoms with E-state index in [0.29, 0.717) is 11.3 Å². The topological polar surface area (TPSA) is 3.24 Å². The molecule has 0 aromatic heterocycles. The maximum atomic E-state index is 2.55. The third-order valence-corrected chi connectivity index (χ3v) is 16.6. The maximum absolute atomic E-state index is 2.55. The fourth-order valence-corrected chi connectivity index (χ4v) is 14.2. The molecule has 5 fully saturated rings. The van der Waals surface area contributed by atoms with Crippen LogP contribution in [-0.4, -0.2) is 0 Å². The van der Waals surface area contributed by atoms with Crippen LogP contribution in [0.4, 0.5) is 17.1 Å². The molecule has 0 saturated heterocycles. The van der Waals surface area contributed by atoms with E-state index >= 15 is 0 Å². The van der Waals surface area contributed by atoms with Crippen molar-refractivity contribution in [2.24, 2.45) is 17.8 Å². The van der Waals surface area contributed by atoms with Crippen LogP contribution in [-0.2, 0) is 16.2 Å². The van der Waals surface area contributed by atoms with Gasteiger partial charge in [0.1, 0.15) is 0 Å². The molecule has 0 spiro atoms. The van der Waals surface area contributed by atoms with Crippen molar-refractivity contribution < 1.29 is 0 Å². The summed E-state index contributed by atoms with van der Waals surface area (Å²) >= 11 is 0. The summed E-state index contributed by atoms with van der Waals surface area (Å²) in [6, 6.07) is 50.2. The highest BCUT2D eigenvalue weighted by Crippen LogP contribution is 2.61. The highest BCUT2D eigenvalue weighted by atomic mass is 15.1. The summed E-state index contributed by atoms with van der Waals surface area (Å²) in [6.45, 7) is 9.71. The molecule has 0 aliphatic heterocycles. The molecule has 0 atom stereocenters. The van der Waals surface area contributed by atoms with Crippen LogP contribution in [0.25, 0.3) is 33.4 Å². The van der Waals surface area contributed by atoms with E-state index in [-0.39, 0.29) is 10.8 Å². The van der Waals surface area contributed by atoms with Crippen molar-refractivity contribution in [1.29, 1.82) is 0 Å². The number of fused-ring (bicyclic) bond motifs is 6. The Morgan fingerprint density at radius 1 is 0.466 bits per heavy atom. The number of rotatable bonds is 6. The van der Waals surface area contributed by atoms with Crippen molar-refractivity contribution in [3.63, 3.8) is 0 Å². The average Bonchev–Trinajstić information content (AvgIpc) is 3.92. The summed E-state index contributed by atoms with van der Waals surface area (Å²) in [6.07, 6.45) is 14.1. The Morgan fingerprint density at radius 2 is 1.02 bits per heavy atom. The van der Waals surface area contributed by atoms with Crippen LogP contribution < -0.4 is 4.90 Å². The number of hydrogen-bond acceptors (Lipinski definition) is 1. The van der Waals surface area contributed by atoms with Gasteiger partial charge < -0.3 is 4.90 Å². The predicted octanol–water partition coefficient (Wildman–Crippen LogP) is 15.6. The highest BCUT2D eigenvalue weighted by molar-refractivity contribution is 5.97. The molecule has 0 amide bonds. The zero-order chi connectivity index (χ0) is 39.0. The van der Waals surface area contributed by atoms with Crippen LogP contribution in [0.15, 0.2) is 127 Å². The molecule has 7 aliphatic rings. The van der Waals surface area contributed by atoms with Crippen molar-refractivity contribution in [1.82, 2.24) is 0 Å². The third-order valence-electron chi connectivity index (χ3n) is 16.6. The molecule has 6 aromatic rings. The number of benzene rings is 6. The van der Waals surface area contributed by atoms with Crippen LogP contribution in [0.2, 0.25) is 0 Å². The third kappa shape index (κ3) is 5.07. The Bertz CT molecular complexity index is 2560. The van der Waals surface area contributed by atoms with E-state index < -0.39 is 0 Å². The Hall–Kier alpha value is -4.88. The van der Waals surface area contributed by atoms with Gasteiger partial charge in [0.2, 0.25) is 0 Å². The lowest BCUT2D eigenvalue weighted by Gasteiger charge is -2.57. The number of hydrogen-bond donors (Lipinski definition) is 0. The first-order valence-electron chi connectivity index (χ1n) is 22.7. The van der Waals surface area contributed by atoms with Gasteiger partial charge in [-0.1, -0.05) is 132 Å². The van der Waals surface area contributed by atoms with Gasteiger partial charge >= 0.3 is 0 Å². The second kappa shape index (κ2) is 12.6. The van der Waals surface area contributed by atoms with E-state index in [4.69, 9.17) is 0 Å². The van der Waals surface area contributed by atoms with E-state index in [9.17, 15) is 0 Å². The largest absolute Gasteiger partial charge is 0.310 e. The molecule has 0 N–H and O–H groups in total. The van der Waals surface area contributed by atoms with E-state index in [2.05, 4.69) is 160 Å². The highest BCUT2D eigenvalue weighted by Gasteiger charge is 2.51. The second-order valence-electron chi connectivity index (χ2n) is 20.6. The summed E-state index contributed by atoms with van der Waals surface area (Å²) in [5, 5.41) is 0. The fraction of sp³-hybridized carbons (Fsp3) is 0.368. The van der Waals surface area contributed by atoms with Gasteiger partial charge in [-0.3, -0.25) is 0 Å². The van der Waals surface area contributed by atoms with Crippen molar-refractivity contribution in [3.8, 4) is 33.4 Å². The molecule has 290 valence electrons. The molecule has 1 heteroatoms. The maximum Gasteiger partial charge on any atom is 0.0465 e. The van der Waals surface area contributed by atoms with Gasteiger partial charge in [-0.15, -0.1) is 0 Å². The molecule has 5 saturated carbocycles. The van der Waals surface area contributed by atoms with Gasteiger partial charge in [-0.05, 0) is 184 Å². The quantitative estimate of drug-likeness (QED) is 0.164. The Kier molecular flexibility index (Phi) is 7.60. The lowest BCUT2D eigenvalue weighted by Crippen LogP contribution is -2.48. The van der Waals surface area contributed by atoms with Gasteiger partial charge in [0.05, 0.1) is 0 Å². The lowest BCUT2D eigenvalue weighted by atomic mass is 9.48. The fourth-order valence-electron chi connectivity index (χ4n) is 14.2. The lowest BCUT2D eigenvalue weighted by molar-refractivity contribution is -0.00518. The van der Waals surface area contributed by atoms with Crippen molar-refractivity contribution >= 4 is 17.1 Å². The summed E-state index contributed by atoms with van der Waals surface area (Å²) in [5.74, 6) is 3.56. The Morgan fingerprint density at radius 3 is 1.71 bits per heavy atom. The smallest absolute Gasteiger partial charge is 0.0465 e. The minimum atomic E-state index is -0.187. The van der Waals surface area contributed by atoms with E-state index in [1.807, 2.05) is 0 Å². The molecule has 6 aromatic carbocycles. The minimum Gasteiger partial charge on any atom is -0.310 e. The molecule has 7 aliphatic carbocycles. The second-order valence-corrected chi connectivity index (χ2v) is 20.6. The van der Waals surface area contributed by atoms with E-state index in [0.717, 1.165) is 17.8 Å². The van der Waals surface area contributed by atoms with Gasteiger partial charge in [-0.25, -0.2) is 0 Å². The van der Waals surface area contributed by atoms with Crippen LogP contribution >= 0.6 is 0 Å². The zero-order valence-electron chi connectivity index (χ0n) is 35.0. The molecule has 13 rings (SSSR count). The Labute approximate surface area is 346 Å². The molecule has 58 heavy (non-hydrogen) atoms. The summed E-state index contributed by atoms with van der Waals surface area (Å²) < 4.78 is 0. The number of nitrogens with zero attached hydrogens (tertiary/aromatic N) is 1. The van der Waals surface area contributed by atoms with Crippen LogP contribution in [0.5, 0.6) is 0 Å². The summed E-state index contributed by atoms with van der Waals surface area (Å²) in [5.41, 5.74) is 21.0. The Balaban J connectivity index is 0.960. The summed E-state index contributed by atoms with van der Waals surface area (Å²) in [4.78, 5) is 2.55. The first-order valence-corrected chi connectivity index (χ1v) is 22.7. The van der Waals surface area contributed by atoms with Gasteiger partial charge in [0, 0.05) is 27.9 Å². The van der Waals surface area contributed by atoms with E-state index in [1.54, 1.807) is 5.56 Å². The SMILES string of the molecule is CC1(C)c2ccccc2-c2c(-c3cccc4c3C(C)(C)c3cc(N(c5ccc(C6CCCC6)cc5)c5ccc(C67CC8CC(CC(C8)C6)C7)cc5)ccc3-4)cccc21. The molecule has 1 nitrogen and oxygen atoms in total. The van der Waals surface area contributed by atoms with Crippen LogP contribution in [0.3, 0.4) is 0 Å². The van der Waals surface area contributed by atoms with Crippen molar-refractivity contribution in [3.05, 3.63) is 161 Å². The molecule has 0 unspecified atom stereocenters. The zero-order valence-corrected chi connectivity index (χ0v) is 35.0. The molecule has 0 heterocycles. The van der Waals surface area contributed by atoms with Crippen molar-refractivity contribution in [2.75, 3.05) is 4.90 Å². The minimum absolute atomic E-state index is 0.0283. The van der Waals surface area contributed by atoms with Crippen LogP contribution in [0.1, 0.15) is 131 Å². The van der Waals surface area contributed by atoms with Gasteiger partial charge in [0.25, 0.3) is 0 Å².